The van der Waals surface area contributed by atoms with Crippen LogP contribution in [0.3, 0.4) is 0 Å². The average molecular weight is 319 g/mol. The Morgan fingerprint density at radius 2 is 1.91 bits per heavy atom. The standard InChI is InChI=1S/C16H18FN3O3/c1-19-13-11(15(22)20(2)16(19)23)8-10(14(21)18-13)7-9-5-3-4-6-12(9)17/h3-6,10-11,13H,7-8H2,1-2H3,(H,18,21). The van der Waals surface area contributed by atoms with E-state index in [-0.39, 0.29) is 24.1 Å². The van der Waals surface area contributed by atoms with Crippen molar-refractivity contribution >= 4 is 17.8 Å². The highest BCUT2D eigenvalue weighted by molar-refractivity contribution is 5.99. The van der Waals surface area contributed by atoms with Gasteiger partial charge >= 0.3 is 6.03 Å². The zero-order valence-corrected chi connectivity index (χ0v) is 13.0. The van der Waals surface area contributed by atoms with Crippen LogP contribution in [0.15, 0.2) is 24.3 Å². The van der Waals surface area contributed by atoms with Gasteiger partial charge in [-0.15, -0.1) is 0 Å². The van der Waals surface area contributed by atoms with Crippen LogP contribution in [0.1, 0.15) is 12.0 Å². The van der Waals surface area contributed by atoms with Crippen molar-refractivity contribution in [1.29, 1.82) is 0 Å². The maximum absolute atomic E-state index is 13.8. The van der Waals surface area contributed by atoms with Crippen molar-refractivity contribution in [1.82, 2.24) is 15.1 Å². The van der Waals surface area contributed by atoms with Gasteiger partial charge in [0.15, 0.2) is 0 Å². The van der Waals surface area contributed by atoms with Gasteiger partial charge in [-0.05, 0) is 24.5 Å². The van der Waals surface area contributed by atoms with E-state index < -0.39 is 24.0 Å². The number of hydrogen-bond acceptors (Lipinski definition) is 3. The molecule has 0 aliphatic carbocycles. The molecule has 3 rings (SSSR count). The third kappa shape index (κ3) is 2.56. The van der Waals surface area contributed by atoms with E-state index >= 15 is 0 Å². The van der Waals surface area contributed by atoms with E-state index in [4.69, 9.17) is 0 Å². The van der Waals surface area contributed by atoms with Crippen LogP contribution in [0, 0.1) is 17.7 Å². The molecule has 1 N–H and O–H groups in total. The Morgan fingerprint density at radius 1 is 1.22 bits per heavy atom. The molecule has 0 aromatic heterocycles. The van der Waals surface area contributed by atoms with Gasteiger partial charge in [0.05, 0.1) is 5.92 Å². The molecular formula is C16H18FN3O3. The summed E-state index contributed by atoms with van der Waals surface area (Å²) in [5.74, 6) is -1.92. The molecular weight excluding hydrogens is 301 g/mol. The summed E-state index contributed by atoms with van der Waals surface area (Å²) in [7, 11) is 2.99. The molecule has 3 unspecified atom stereocenters. The van der Waals surface area contributed by atoms with Crippen LogP contribution in [0.4, 0.5) is 9.18 Å². The number of carbonyl (C=O) groups is 3. The molecule has 2 fully saturated rings. The summed E-state index contributed by atoms with van der Waals surface area (Å²) in [6, 6.07) is 5.86. The predicted octanol–water partition coefficient (Wildman–Crippen LogP) is 0.970. The monoisotopic (exact) mass is 319 g/mol. The third-order valence-corrected chi connectivity index (χ3v) is 4.66. The third-order valence-electron chi connectivity index (χ3n) is 4.66. The van der Waals surface area contributed by atoms with Gasteiger partial charge < -0.3 is 10.2 Å². The second kappa shape index (κ2) is 5.64. The first-order valence-corrected chi connectivity index (χ1v) is 7.48. The molecule has 2 aliphatic heterocycles. The Labute approximate surface area is 133 Å². The molecule has 3 atom stereocenters. The number of fused-ring (bicyclic) bond motifs is 1. The van der Waals surface area contributed by atoms with Gasteiger partial charge in [-0.1, -0.05) is 18.2 Å². The lowest BCUT2D eigenvalue weighted by Crippen LogP contribution is -2.68. The minimum atomic E-state index is -0.629. The number of rotatable bonds is 2. The van der Waals surface area contributed by atoms with E-state index in [1.807, 2.05) is 0 Å². The van der Waals surface area contributed by atoms with Crippen molar-refractivity contribution in [2.75, 3.05) is 14.1 Å². The van der Waals surface area contributed by atoms with Crippen molar-refractivity contribution in [2.24, 2.45) is 11.8 Å². The van der Waals surface area contributed by atoms with Crippen molar-refractivity contribution in [3.63, 3.8) is 0 Å². The van der Waals surface area contributed by atoms with Crippen molar-refractivity contribution in [3.8, 4) is 0 Å². The second-order valence-corrected chi connectivity index (χ2v) is 6.08. The summed E-state index contributed by atoms with van der Waals surface area (Å²) < 4.78 is 13.8. The minimum absolute atomic E-state index is 0.233. The van der Waals surface area contributed by atoms with Crippen LogP contribution < -0.4 is 5.32 Å². The van der Waals surface area contributed by atoms with Crippen LogP contribution in [0.25, 0.3) is 0 Å². The molecule has 2 saturated heterocycles. The molecule has 0 bridgehead atoms. The molecule has 0 radical (unpaired) electrons. The smallest absolute Gasteiger partial charge is 0.327 e. The molecule has 0 saturated carbocycles. The Kier molecular flexibility index (Phi) is 3.79. The van der Waals surface area contributed by atoms with E-state index in [1.54, 1.807) is 25.2 Å². The molecule has 6 nitrogen and oxygen atoms in total. The largest absolute Gasteiger partial charge is 0.335 e. The fourth-order valence-electron chi connectivity index (χ4n) is 3.31. The lowest BCUT2D eigenvalue weighted by molar-refractivity contribution is -0.145. The van der Waals surface area contributed by atoms with Crippen LogP contribution in [0.2, 0.25) is 0 Å². The number of nitrogens with one attached hydrogen (secondary N) is 1. The number of piperidine rings is 1. The molecule has 23 heavy (non-hydrogen) atoms. The average Bonchev–Trinajstić information content (AvgIpc) is 2.54. The second-order valence-electron chi connectivity index (χ2n) is 6.08. The number of halogens is 1. The van der Waals surface area contributed by atoms with E-state index in [0.717, 1.165) is 4.90 Å². The van der Waals surface area contributed by atoms with E-state index in [0.29, 0.717) is 12.0 Å². The first kappa shape index (κ1) is 15.5. The molecule has 1 aromatic rings. The minimum Gasteiger partial charge on any atom is -0.335 e. The maximum Gasteiger partial charge on any atom is 0.327 e. The van der Waals surface area contributed by atoms with Crippen LogP contribution in [-0.4, -0.2) is 47.9 Å². The number of benzene rings is 1. The normalized spacial score (nSPS) is 27.8. The summed E-state index contributed by atoms with van der Waals surface area (Å²) >= 11 is 0. The van der Waals surface area contributed by atoms with Crippen LogP contribution in [0.5, 0.6) is 0 Å². The van der Waals surface area contributed by atoms with Crippen LogP contribution >= 0.6 is 0 Å². The van der Waals surface area contributed by atoms with Crippen LogP contribution in [-0.2, 0) is 16.0 Å². The highest BCUT2D eigenvalue weighted by Gasteiger charge is 2.48. The van der Waals surface area contributed by atoms with E-state index in [9.17, 15) is 18.8 Å². The quantitative estimate of drug-likeness (QED) is 0.883. The molecule has 2 aliphatic rings. The highest BCUT2D eigenvalue weighted by atomic mass is 19.1. The molecule has 1 aromatic carbocycles. The maximum atomic E-state index is 13.8. The van der Waals surface area contributed by atoms with Crippen molar-refractivity contribution in [2.45, 2.75) is 19.0 Å². The number of amides is 4. The number of nitrogens with zero attached hydrogens (tertiary/aromatic N) is 2. The van der Waals surface area contributed by atoms with E-state index in [1.165, 1.54) is 18.0 Å². The van der Waals surface area contributed by atoms with Gasteiger partial charge in [0.2, 0.25) is 11.8 Å². The first-order valence-electron chi connectivity index (χ1n) is 7.48. The Hall–Kier alpha value is -2.44. The molecule has 4 amide bonds. The molecule has 2 heterocycles. The first-order chi connectivity index (χ1) is 10.9. The lowest BCUT2D eigenvalue weighted by Gasteiger charge is -2.45. The van der Waals surface area contributed by atoms with Gasteiger partial charge in [0, 0.05) is 20.0 Å². The summed E-state index contributed by atoms with van der Waals surface area (Å²) in [6.07, 6.45) is -0.0993. The topological polar surface area (TPSA) is 69.7 Å². The van der Waals surface area contributed by atoms with Crippen molar-refractivity contribution in [3.05, 3.63) is 35.6 Å². The van der Waals surface area contributed by atoms with E-state index in [2.05, 4.69) is 5.32 Å². The lowest BCUT2D eigenvalue weighted by atomic mass is 9.81. The Morgan fingerprint density at radius 3 is 2.61 bits per heavy atom. The zero-order valence-electron chi connectivity index (χ0n) is 13.0. The van der Waals surface area contributed by atoms with Gasteiger partial charge in [-0.25, -0.2) is 9.18 Å². The number of imide groups is 1. The molecule has 122 valence electrons. The fourth-order valence-corrected chi connectivity index (χ4v) is 3.31. The van der Waals surface area contributed by atoms with Gasteiger partial charge in [0.1, 0.15) is 12.0 Å². The van der Waals surface area contributed by atoms with Gasteiger partial charge in [-0.2, -0.15) is 0 Å². The Bertz CT molecular complexity index is 678. The van der Waals surface area contributed by atoms with Gasteiger partial charge in [0.25, 0.3) is 0 Å². The number of hydrogen-bond donors (Lipinski definition) is 1. The number of urea groups is 1. The van der Waals surface area contributed by atoms with Crippen molar-refractivity contribution < 1.29 is 18.8 Å². The fraction of sp³-hybridized carbons (Fsp3) is 0.438. The van der Waals surface area contributed by atoms with Gasteiger partial charge in [-0.3, -0.25) is 14.5 Å². The SMILES string of the molecule is CN1C(=O)C2CC(Cc3ccccc3F)C(=O)NC2N(C)C1=O. The predicted molar refractivity (Wildman–Crippen MR) is 79.6 cm³/mol. The molecule has 0 spiro atoms. The zero-order chi connectivity index (χ0) is 16.7. The summed E-state index contributed by atoms with van der Waals surface area (Å²) in [5.41, 5.74) is 0.451. The summed E-state index contributed by atoms with van der Waals surface area (Å²) in [6.45, 7) is 0. The number of carbonyl (C=O) groups excluding carboxylic acids is 3. The highest BCUT2D eigenvalue weighted by Crippen LogP contribution is 2.31. The summed E-state index contributed by atoms with van der Waals surface area (Å²) in [5, 5.41) is 2.74. The molecule has 7 heteroatoms. The summed E-state index contributed by atoms with van der Waals surface area (Å²) in [4.78, 5) is 39.0. The Balaban J connectivity index is 1.82.